The second-order valence-corrected chi connectivity index (χ2v) is 7.37. The van der Waals surface area contributed by atoms with Crippen LogP contribution in [0.1, 0.15) is 30.1 Å². The lowest BCUT2D eigenvalue weighted by atomic mass is 9.85. The summed E-state index contributed by atoms with van der Waals surface area (Å²) in [6.45, 7) is 4.76. The molecule has 1 saturated carbocycles. The SMILES string of the molecule is CCN(CC(=O)O)C1CC(NC(=O)N2CCN(C(=O)c3ccccc3)CC2)C1. The van der Waals surface area contributed by atoms with Crippen molar-refractivity contribution in [2.45, 2.75) is 31.8 Å². The summed E-state index contributed by atoms with van der Waals surface area (Å²) < 4.78 is 0. The van der Waals surface area contributed by atoms with E-state index in [1.807, 2.05) is 30.0 Å². The highest BCUT2D eigenvalue weighted by atomic mass is 16.4. The summed E-state index contributed by atoms with van der Waals surface area (Å²) in [4.78, 5) is 41.3. The molecule has 0 spiro atoms. The molecule has 2 aliphatic rings. The second-order valence-electron chi connectivity index (χ2n) is 7.37. The van der Waals surface area contributed by atoms with Gasteiger partial charge >= 0.3 is 12.0 Å². The second kappa shape index (κ2) is 9.05. The average molecular weight is 388 g/mol. The molecule has 28 heavy (non-hydrogen) atoms. The van der Waals surface area contributed by atoms with E-state index in [9.17, 15) is 14.4 Å². The number of urea groups is 1. The van der Waals surface area contributed by atoms with Gasteiger partial charge in [0.15, 0.2) is 0 Å². The summed E-state index contributed by atoms with van der Waals surface area (Å²) in [6, 6.07) is 9.38. The number of piperazine rings is 1. The van der Waals surface area contributed by atoms with Crippen LogP contribution in [0.2, 0.25) is 0 Å². The number of hydrogen-bond donors (Lipinski definition) is 2. The van der Waals surface area contributed by atoms with Crippen LogP contribution in [0.3, 0.4) is 0 Å². The summed E-state index contributed by atoms with van der Waals surface area (Å²) in [6.07, 6.45) is 1.55. The molecule has 2 N–H and O–H groups in total. The Morgan fingerprint density at radius 2 is 1.68 bits per heavy atom. The van der Waals surface area contributed by atoms with E-state index in [-0.39, 0.29) is 30.6 Å². The number of likely N-dealkylation sites (N-methyl/N-ethyl adjacent to an activating group) is 1. The average Bonchev–Trinajstić information content (AvgIpc) is 2.68. The number of amides is 3. The zero-order valence-corrected chi connectivity index (χ0v) is 16.2. The van der Waals surface area contributed by atoms with Crippen molar-refractivity contribution in [3.05, 3.63) is 35.9 Å². The van der Waals surface area contributed by atoms with E-state index in [4.69, 9.17) is 5.11 Å². The quantitative estimate of drug-likeness (QED) is 0.761. The van der Waals surface area contributed by atoms with E-state index in [0.717, 1.165) is 12.8 Å². The largest absolute Gasteiger partial charge is 0.480 e. The smallest absolute Gasteiger partial charge is 0.317 e. The van der Waals surface area contributed by atoms with Crippen LogP contribution >= 0.6 is 0 Å². The number of nitrogens with zero attached hydrogens (tertiary/aromatic N) is 3. The molecule has 1 aromatic carbocycles. The topological polar surface area (TPSA) is 93.2 Å². The third-order valence-corrected chi connectivity index (χ3v) is 5.58. The van der Waals surface area contributed by atoms with Crippen LogP contribution in [0.15, 0.2) is 30.3 Å². The van der Waals surface area contributed by atoms with Crippen molar-refractivity contribution < 1.29 is 19.5 Å². The first kappa shape index (κ1) is 20.1. The maximum absolute atomic E-state index is 12.5. The fourth-order valence-electron chi connectivity index (χ4n) is 3.82. The number of carboxylic acid groups (broad SMARTS) is 1. The van der Waals surface area contributed by atoms with Crippen LogP contribution in [0.5, 0.6) is 0 Å². The monoisotopic (exact) mass is 388 g/mol. The molecule has 1 aliphatic heterocycles. The molecular formula is C20H28N4O4. The number of nitrogens with one attached hydrogen (secondary N) is 1. The van der Waals surface area contributed by atoms with E-state index in [1.165, 1.54) is 0 Å². The van der Waals surface area contributed by atoms with Crippen molar-refractivity contribution in [2.24, 2.45) is 0 Å². The minimum absolute atomic E-state index is 0.000537. The molecule has 0 unspecified atom stereocenters. The number of rotatable bonds is 6. The highest BCUT2D eigenvalue weighted by Gasteiger charge is 2.36. The summed E-state index contributed by atoms with van der Waals surface area (Å²) in [7, 11) is 0. The van der Waals surface area contributed by atoms with Gasteiger partial charge in [-0.1, -0.05) is 25.1 Å². The van der Waals surface area contributed by atoms with Gasteiger partial charge in [-0.25, -0.2) is 4.79 Å². The zero-order valence-electron chi connectivity index (χ0n) is 16.2. The third kappa shape index (κ3) is 4.81. The predicted octanol–water partition coefficient (Wildman–Crippen LogP) is 1.09. The zero-order chi connectivity index (χ0) is 20.1. The summed E-state index contributed by atoms with van der Waals surface area (Å²) in [5.74, 6) is -0.821. The molecule has 1 saturated heterocycles. The molecule has 0 bridgehead atoms. The van der Waals surface area contributed by atoms with Crippen LogP contribution in [-0.2, 0) is 4.79 Å². The normalized spacial score (nSPS) is 21.9. The van der Waals surface area contributed by atoms with E-state index in [0.29, 0.717) is 38.3 Å². The molecule has 152 valence electrons. The number of hydrogen-bond acceptors (Lipinski definition) is 4. The molecular weight excluding hydrogens is 360 g/mol. The Hall–Kier alpha value is -2.61. The number of carboxylic acids is 1. The van der Waals surface area contributed by atoms with Gasteiger partial charge in [0, 0.05) is 43.8 Å². The summed E-state index contributed by atoms with van der Waals surface area (Å²) >= 11 is 0. The molecule has 0 atom stereocenters. The number of carbonyl (C=O) groups is 3. The molecule has 1 heterocycles. The Morgan fingerprint density at radius 1 is 1.07 bits per heavy atom. The summed E-state index contributed by atoms with van der Waals surface area (Å²) in [5, 5.41) is 12.0. The number of aliphatic carboxylic acids is 1. The van der Waals surface area contributed by atoms with Gasteiger partial charge in [0.05, 0.1) is 6.54 Å². The fraction of sp³-hybridized carbons (Fsp3) is 0.550. The maximum Gasteiger partial charge on any atom is 0.317 e. The van der Waals surface area contributed by atoms with Crippen molar-refractivity contribution in [1.29, 1.82) is 0 Å². The van der Waals surface area contributed by atoms with Gasteiger partial charge in [0.2, 0.25) is 0 Å². The van der Waals surface area contributed by atoms with Gasteiger partial charge in [-0.15, -0.1) is 0 Å². The van der Waals surface area contributed by atoms with Crippen molar-refractivity contribution in [1.82, 2.24) is 20.0 Å². The van der Waals surface area contributed by atoms with Gasteiger partial charge in [-0.05, 0) is 31.5 Å². The maximum atomic E-state index is 12.5. The van der Waals surface area contributed by atoms with E-state index in [1.54, 1.807) is 21.9 Å². The van der Waals surface area contributed by atoms with Gasteiger partial charge in [0.1, 0.15) is 0 Å². The molecule has 0 aromatic heterocycles. The van der Waals surface area contributed by atoms with Crippen LogP contribution in [0.25, 0.3) is 0 Å². The molecule has 0 radical (unpaired) electrons. The van der Waals surface area contributed by atoms with Gasteiger partial charge in [-0.2, -0.15) is 0 Å². The highest BCUT2D eigenvalue weighted by Crippen LogP contribution is 2.25. The Kier molecular flexibility index (Phi) is 6.51. The van der Waals surface area contributed by atoms with Gasteiger partial charge in [-0.3, -0.25) is 14.5 Å². The fourth-order valence-corrected chi connectivity index (χ4v) is 3.82. The van der Waals surface area contributed by atoms with Crippen molar-refractivity contribution in [3.63, 3.8) is 0 Å². The van der Waals surface area contributed by atoms with Crippen molar-refractivity contribution in [2.75, 3.05) is 39.3 Å². The third-order valence-electron chi connectivity index (χ3n) is 5.58. The molecule has 2 fully saturated rings. The van der Waals surface area contributed by atoms with Gasteiger partial charge < -0.3 is 20.2 Å². The van der Waals surface area contributed by atoms with Crippen molar-refractivity contribution >= 4 is 17.9 Å². The van der Waals surface area contributed by atoms with Crippen LogP contribution in [0, 0.1) is 0 Å². The summed E-state index contributed by atoms with van der Waals surface area (Å²) in [5.41, 5.74) is 0.669. The molecule has 1 aromatic rings. The molecule has 1 aliphatic carbocycles. The Bertz CT molecular complexity index is 697. The van der Waals surface area contributed by atoms with Crippen LogP contribution in [0.4, 0.5) is 4.79 Å². The predicted molar refractivity (Wildman–Crippen MR) is 104 cm³/mol. The Labute approximate surface area is 165 Å². The Balaban J connectivity index is 1.40. The standard InChI is InChI=1S/C20H28N4O4/c1-2-22(14-18(25)26)17-12-16(13-17)21-20(28)24-10-8-23(9-11-24)19(27)15-6-4-3-5-7-15/h3-7,16-17H,2,8-14H2,1H3,(H,21,28)(H,25,26). The highest BCUT2D eigenvalue weighted by molar-refractivity contribution is 5.94. The number of carbonyl (C=O) groups excluding carboxylic acids is 2. The minimum atomic E-state index is -0.822. The lowest BCUT2D eigenvalue weighted by molar-refractivity contribution is -0.139. The van der Waals surface area contributed by atoms with Crippen LogP contribution in [-0.4, -0.2) is 89.1 Å². The van der Waals surface area contributed by atoms with E-state index in [2.05, 4.69) is 5.32 Å². The van der Waals surface area contributed by atoms with E-state index < -0.39 is 5.97 Å². The van der Waals surface area contributed by atoms with Crippen molar-refractivity contribution in [3.8, 4) is 0 Å². The van der Waals surface area contributed by atoms with Gasteiger partial charge in [0.25, 0.3) is 5.91 Å². The molecule has 8 heteroatoms. The first-order valence-electron chi connectivity index (χ1n) is 9.83. The molecule has 3 amide bonds. The Morgan fingerprint density at radius 3 is 2.25 bits per heavy atom. The number of benzene rings is 1. The van der Waals surface area contributed by atoms with Crippen LogP contribution < -0.4 is 5.32 Å². The lowest BCUT2D eigenvalue weighted by Crippen LogP contribution is -2.59. The first-order valence-corrected chi connectivity index (χ1v) is 9.83. The lowest BCUT2D eigenvalue weighted by Gasteiger charge is -2.43. The molecule has 3 rings (SSSR count). The first-order chi connectivity index (χ1) is 13.5. The minimum Gasteiger partial charge on any atom is -0.480 e. The molecule has 8 nitrogen and oxygen atoms in total. The van der Waals surface area contributed by atoms with E-state index >= 15 is 0 Å².